The molecule has 142 valence electrons. The lowest BCUT2D eigenvalue weighted by Crippen LogP contribution is -2.43. The molecule has 1 atom stereocenters. The van der Waals surface area contributed by atoms with Gasteiger partial charge in [-0.1, -0.05) is 26.7 Å². The number of aryl methyl sites for hydroxylation is 2. The van der Waals surface area contributed by atoms with Crippen LogP contribution in [0.3, 0.4) is 0 Å². The van der Waals surface area contributed by atoms with Crippen LogP contribution in [-0.4, -0.2) is 24.2 Å². The van der Waals surface area contributed by atoms with Crippen LogP contribution >= 0.6 is 0 Å². The molecule has 1 aromatic carbocycles. The fourth-order valence-corrected chi connectivity index (χ4v) is 2.80. The smallest absolute Gasteiger partial charge is 0.256 e. The number of hydrogen-bond donors (Lipinski definition) is 1. The molecule has 0 spiro atoms. The molecule has 0 aromatic heterocycles. The largest absolute Gasteiger partial charge is 0.490 e. The third-order valence-corrected chi connectivity index (χ3v) is 4.18. The van der Waals surface area contributed by atoms with Crippen LogP contribution in [0.25, 0.3) is 0 Å². The maximum atomic E-state index is 12.9. The van der Waals surface area contributed by atoms with Crippen molar-refractivity contribution in [3.63, 3.8) is 0 Å². The number of ether oxygens (including phenoxy) is 2. The number of nitrogens with one attached hydrogen (secondary N) is 1. The van der Waals surface area contributed by atoms with Crippen LogP contribution in [0.1, 0.15) is 71.4 Å². The van der Waals surface area contributed by atoms with E-state index >= 15 is 0 Å². The Balaban J connectivity index is 2.96. The van der Waals surface area contributed by atoms with Gasteiger partial charge in [0, 0.05) is 12.3 Å². The predicted octanol–water partition coefficient (Wildman–Crippen LogP) is 5.40. The Kier molecular flexibility index (Phi) is 8.43. The summed E-state index contributed by atoms with van der Waals surface area (Å²) in [7, 11) is 0. The van der Waals surface area contributed by atoms with Crippen molar-refractivity contribution in [1.82, 2.24) is 0 Å². The third kappa shape index (κ3) is 6.35. The fourth-order valence-electron chi connectivity index (χ4n) is 2.80. The molecule has 0 fully saturated rings. The maximum Gasteiger partial charge on any atom is 0.256 e. The summed E-state index contributed by atoms with van der Waals surface area (Å²) in [4.78, 5) is 12.9. The number of amides is 1. The van der Waals surface area contributed by atoms with Crippen LogP contribution < -0.4 is 10.1 Å². The number of unbranched alkanes of at least 4 members (excludes halogenated alkanes) is 1. The Bertz CT molecular complexity index is 535. The molecule has 0 aliphatic heterocycles. The van der Waals surface area contributed by atoms with Crippen molar-refractivity contribution in [1.29, 1.82) is 0 Å². The summed E-state index contributed by atoms with van der Waals surface area (Å²) < 4.78 is 11.8. The number of hydrogen-bond acceptors (Lipinski definition) is 3. The molecule has 1 aromatic rings. The van der Waals surface area contributed by atoms with E-state index in [2.05, 4.69) is 19.2 Å². The Morgan fingerprint density at radius 3 is 2.24 bits per heavy atom. The van der Waals surface area contributed by atoms with Gasteiger partial charge < -0.3 is 14.8 Å². The van der Waals surface area contributed by atoms with Crippen molar-refractivity contribution >= 4 is 11.6 Å². The van der Waals surface area contributed by atoms with Gasteiger partial charge in [0.05, 0.1) is 6.10 Å². The minimum atomic E-state index is -0.791. The normalized spacial score (nSPS) is 13.6. The average molecular weight is 350 g/mol. The minimum Gasteiger partial charge on any atom is -0.490 e. The van der Waals surface area contributed by atoms with Crippen LogP contribution in [0.15, 0.2) is 12.1 Å². The molecule has 0 radical (unpaired) electrons. The number of benzene rings is 1. The van der Waals surface area contributed by atoms with Gasteiger partial charge in [0.2, 0.25) is 0 Å². The van der Waals surface area contributed by atoms with E-state index < -0.39 is 5.60 Å². The molecule has 4 nitrogen and oxygen atoms in total. The fraction of sp³-hybridized carbons (Fsp3) is 0.667. The van der Waals surface area contributed by atoms with Gasteiger partial charge in [-0.25, -0.2) is 0 Å². The zero-order chi connectivity index (χ0) is 19.0. The summed E-state index contributed by atoms with van der Waals surface area (Å²) >= 11 is 0. The zero-order valence-electron chi connectivity index (χ0n) is 17.0. The van der Waals surface area contributed by atoms with Crippen LogP contribution in [-0.2, 0) is 9.53 Å². The van der Waals surface area contributed by atoms with Crippen LogP contribution in [0.5, 0.6) is 5.75 Å². The summed E-state index contributed by atoms with van der Waals surface area (Å²) in [5.41, 5.74) is 2.04. The SMILES string of the molecule is CCCC[C@](C)(OCCC)C(=O)Nc1cc(C)c(OC(C)C)c(C)c1. The Labute approximate surface area is 153 Å². The molecule has 0 heterocycles. The molecule has 25 heavy (non-hydrogen) atoms. The number of carbonyl (C=O) groups is 1. The van der Waals surface area contributed by atoms with Gasteiger partial charge in [0.1, 0.15) is 11.4 Å². The molecule has 0 saturated heterocycles. The van der Waals surface area contributed by atoms with E-state index in [1.54, 1.807) is 0 Å². The summed E-state index contributed by atoms with van der Waals surface area (Å²) in [5.74, 6) is 0.815. The molecule has 0 bridgehead atoms. The van der Waals surface area contributed by atoms with Gasteiger partial charge in [0.15, 0.2) is 0 Å². The number of anilines is 1. The Hall–Kier alpha value is -1.55. The van der Waals surface area contributed by atoms with E-state index in [9.17, 15) is 4.79 Å². The van der Waals surface area contributed by atoms with Gasteiger partial charge in [-0.05, 0) is 70.7 Å². The van der Waals surface area contributed by atoms with Crippen molar-refractivity contribution in [2.24, 2.45) is 0 Å². The lowest BCUT2D eigenvalue weighted by atomic mass is 9.97. The maximum absolute atomic E-state index is 12.9. The van der Waals surface area contributed by atoms with E-state index in [0.717, 1.165) is 48.2 Å². The summed E-state index contributed by atoms with van der Waals surface area (Å²) in [6.45, 7) is 14.7. The van der Waals surface area contributed by atoms with Crippen molar-refractivity contribution in [3.05, 3.63) is 23.3 Å². The van der Waals surface area contributed by atoms with Gasteiger partial charge in [-0.3, -0.25) is 4.79 Å². The highest BCUT2D eigenvalue weighted by atomic mass is 16.5. The van der Waals surface area contributed by atoms with Crippen molar-refractivity contribution in [3.8, 4) is 5.75 Å². The molecule has 4 heteroatoms. The quantitative estimate of drug-likeness (QED) is 0.615. The lowest BCUT2D eigenvalue weighted by Gasteiger charge is -2.29. The van der Waals surface area contributed by atoms with Crippen molar-refractivity contribution in [2.75, 3.05) is 11.9 Å². The van der Waals surface area contributed by atoms with E-state index in [1.807, 2.05) is 46.8 Å². The first kappa shape index (κ1) is 21.5. The highest BCUT2D eigenvalue weighted by Gasteiger charge is 2.33. The molecule has 0 unspecified atom stereocenters. The van der Waals surface area contributed by atoms with E-state index in [4.69, 9.17) is 9.47 Å². The van der Waals surface area contributed by atoms with Crippen molar-refractivity contribution in [2.45, 2.75) is 85.9 Å². The zero-order valence-corrected chi connectivity index (χ0v) is 17.0. The van der Waals surface area contributed by atoms with Gasteiger partial charge in [-0.2, -0.15) is 0 Å². The predicted molar refractivity (Wildman–Crippen MR) is 104 cm³/mol. The first-order valence-corrected chi connectivity index (χ1v) is 9.46. The highest BCUT2D eigenvalue weighted by molar-refractivity contribution is 5.97. The second-order valence-electron chi connectivity index (χ2n) is 7.24. The summed E-state index contributed by atoms with van der Waals surface area (Å²) in [5, 5.41) is 3.04. The Morgan fingerprint density at radius 2 is 1.76 bits per heavy atom. The molecule has 0 aliphatic carbocycles. The van der Waals surface area contributed by atoms with Gasteiger partial charge in [-0.15, -0.1) is 0 Å². The summed E-state index contributed by atoms with van der Waals surface area (Å²) in [6.07, 6.45) is 3.75. The topological polar surface area (TPSA) is 47.6 Å². The summed E-state index contributed by atoms with van der Waals surface area (Å²) in [6, 6.07) is 3.92. The molecule has 1 rings (SSSR count). The molecular formula is C21H35NO3. The van der Waals surface area contributed by atoms with E-state index in [0.29, 0.717) is 6.61 Å². The second kappa shape index (κ2) is 9.81. The Morgan fingerprint density at radius 1 is 1.16 bits per heavy atom. The van der Waals surface area contributed by atoms with Gasteiger partial charge >= 0.3 is 0 Å². The van der Waals surface area contributed by atoms with Crippen LogP contribution in [0.4, 0.5) is 5.69 Å². The molecular weight excluding hydrogens is 314 g/mol. The second-order valence-corrected chi connectivity index (χ2v) is 7.24. The standard InChI is InChI=1S/C21H35NO3/c1-8-10-11-21(7,24-12-9-2)20(23)22-18-13-16(5)19(17(6)14-18)25-15(3)4/h13-15H,8-12H2,1-7H3,(H,22,23)/t21-/m0/s1. The van der Waals surface area contributed by atoms with Crippen LogP contribution in [0.2, 0.25) is 0 Å². The molecule has 1 amide bonds. The highest BCUT2D eigenvalue weighted by Crippen LogP contribution is 2.29. The number of carbonyl (C=O) groups excluding carboxylic acids is 1. The third-order valence-electron chi connectivity index (χ3n) is 4.18. The monoisotopic (exact) mass is 349 g/mol. The minimum absolute atomic E-state index is 0.0780. The first-order valence-electron chi connectivity index (χ1n) is 9.46. The van der Waals surface area contributed by atoms with Crippen molar-refractivity contribution < 1.29 is 14.3 Å². The van der Waals surface area contributed by atoms with Crippen LogP contribution in [0, 0.1) is 13.8 Å². The number of rotatable bonds is 10. The van der Waals surface area contributed by atoms with E-state index in [-0.39, 0.29) is 12.0 Å². The van der Waals surface area contributed by atoms with E-state index in [1.165, 1.54) is 0 Å². The average Bonchev–Trinajstić information content (AvgIpc) is 2.54. The molecule has 0 aliphatic rings. The molecule has 0 saturated carbocycles. The first-order chi connectivity index (χ1) is 11.7. The lowest BCUT2D eigenvalue weighted by molar-refractivity contribution is -0.140. The van der Waals surface area contributed by atoms with Gasteiger partial charge in [0.25, 0.3) is 5.91 Å². The molecule has 1 N–H and O–H groups in total.